The fourth-order valence-electron chi connectivity index (χ4n) is 3.37. The number of nitrogens with one attached hydrogen (secondary N) is 3. The van der Waals surface area contributed by atoms with Crippen LogP contribution in [0.3, 0.4) is 0 Å². The van der Waals surface area contributed by atoms with E-state index in [1.807, 2.05) is 0 Å². The first kappa shape index (κ1) is 14.3. The summed E-state index contributed by atoms with van der Waals surface area (Å²) in [6.45, 7) is 3.02. The zero-order chi connectivity index (χ0) is 14.8. The monoisotopic (exact) mass is 289 g/mol. The molecule has 2 heterocycles. The molecule has 1 fully saturated rings. The van der Waals surface area contributed by atoms with Crippen molar-refractivity contribution in [1.82, 2.24) is 15.6 Å². The molecule has 1 aliphatic carbocycles. The number of pyridine rings is 1. The number of aryl methyl sites for hydroxylation is 2. The van der Waals surface area contributed by atoms with Crippen LogP contribution < -0.4 is 16.2 Å². The second kappa shape index (κ2) is 6.02. The molecule has 0 bridgehead atoms. The molecular formula is C16H23N3O2. The van der Waals surface area contributed by atoms with Crippen LogP contribution in [0.4, 0.5) is 0 Å². The highest BCUT2D eigenvalue weighted by Crippen LogP contribution is 2.18. The molecule has 1 aliphatic heterocycles. The fraction of sp³-hybridized carbons (Fsp3) is 0.625. The highest BCUT2D eigenvalue weighted by atomic mass is 16.2. The number of amides is 1. The Labute approximate surface area is 124 Å². The van der Waals surface area contributed by atoms with Gasteiger partial charge in [0, 0.05) is 17.8 Å². The Hall–Kier alpha value is -1.62. The Kier molecular flexibility index (Phi) is 4.10. The first-order chi connectivity index (χ1) is 10.1. The largest absolute Gasteiger partial charge is 0.349 e. The maximum atomic E-state index is 12.4. The summed E-state index contributed by atoms with van der Waals surface area (Å²) in [6.07, 6.45) is 5.94. The van der Waals surface area contributed by atoms with E-state index in [-0.39, 0.29) is 23.1 Å². The van der Waals surface area contributed by atoms with Crippen LogP contribution in [0.1, 0.15) is 54.2 Å². The van der Waals surface area contributed by atoms with Crippen LogP contribution in [0, 0.1) is 0 Å². The maximum Gasteiger partial charge on any atom is 0.261 e. The lowest BCUT2D eigenvalue weighted by atomic mass is 9.94. The minimum Gasteiger partial charge on any atom is -0.349 e. The van der Waals surface area contributed by atoms with E-state index in [2.05, 4.69) is 22.5 Å². The van der Waals surface area contributed by atoms with E-state index < -0.39 is 0 Å². The highest BCUT2D eigenvalue weighted by Gasteiger charge is 2.22. The van der Waals surface area contributed by atoms with E-state index in [0.717, 1.165) is 56.3 Å². The van der Waals surface area contributed by atoms with E-state index in [0.29, 0.717) is 6.04 Å². The van der Waals surface area contributed by atoms with Gasteiger partial charge in [-0.1, -0.05) is 0 Å². The molecule has 1 aromatic heterocycles. The number of aromatic amines is 1. The van der Waals surface area contributed by atoms with Gasteiger partial charge in [0.15, 0.2) is 0 Å². The number of fused-ring (bicyclic) bond motifs is 1. The van der Waals surface area contributed by atoms with Gasteiger partial charge in [0.25, 0.3) is 11.5 Å². The molecule has 3 rings (SSSR count). The van der Waals surface area contributed by atoms with Gasteiger partial charge in [0.2, 0.25) is 0 Å². The normalized spacial score (nSPS) is 25.2. The number of hydrogen-bond acceptors (Lipinski definition) is 3. The third-order valence-corrected chi connectivity index (χ3v) is 4.54. The van der Waals surface area contributed by atoms with Gasteiger partial charge in [0.05, 0.1) is 0 Å². The van der Waals surface area contributed by atoms with Crippen molar-refractivity contribution < 1.29 is 4.79 Å². The van der Waals surface area contributed by atoms with Crippen LogP contribution in [0.15, 0.2) is 10.9 Å². The van der Waals surface area contributed by atoms with Crippen LogP contribution in [0.25, 0.3) is 0 Å². The number of hydrogen-bond donors (Lipinski definition) is 3. The molecule has 0 radical (unpaired) electrons. The summed E-state index contributed by atoms with van der Waals surface area (Å²) in [5, 5.41) is 6.37. The number of aromatic nitrogens is 1. The Bertz CT molecular complexity index is 594. The van der Waals surface area contributed by atoms with Crippen LogP contribution in [-0.4, -0.2) is 29.5 Å². The SMILES string of the molecule is CC1CC(NC(=O)c2cc3c([nH]c2=O)CCCC3)CCN1. The zero-order valence-electron chi connectivity index (χ0n) is 12.5. The van der Waals surface area contributed by atoms with Crippen molar-refractivity contribution in [3.05, 3.63) is 33.2 Å². The Morgan fingerprint density at radius 3 is 2.95 bits per heavy atom. The first-order valence-electron chi connectivity index (χ1n) is 7.93. The van der Waals surface area contributed by atoms with Crippen molar-refractivity contribution in [2.75, 3.05) is 6.54 Å². The van der Waals surface area contributed by atoms with Crippen molar-refractivity contribution in [3.63, 3.8) is 0 Å². The number of carbonyl (C=O) groups is 1. The molecule has 114 valence electrons. The average Bonchev–Trinajstić information content (AvgIpc) is 2.46. The summed E-state index contributed by atoms with van der Waals surface area (Å²) in [5.41, 5.74) is 2.15. The molecule has 0 saturated carbocycles. The molecule has 3 N–H and O–H groups in total. The molecule has 0 aromatic carbocycles. The van der Waals surface area contributed by atoms with Gasteiger partial charge >= 0.3 is 0 Å². The number of carbonyl (C=O) groups excluding carboxylic acids is 1. The van der Waals surface area contributed by atoms with Crippen LogP contribution in [-0.2, 0) is 12.8 Å². The second-order valence-corrected chi connectivity index (χ2v) is 6.27. The molecular weight excluding hydrogens is 266 g/mol. The van der Waals surface area contributed by atoms with Crippen LogP contribution in [0.5, 0.6) is 0 Å². The molecule has 2 aliphatic rings. The lowest BCUT2D eigenvalue weighted by Crippen LogP contribution is -2.47. The molecule has 0 spiro atoms. The van der Waals surface area contributed by atoms with Crippen molar-refractivity contribution in [1.29, 1.82) is 0 Å². The van der Waals surface area contributed by atoms with Gasteiger partial charge in [-0.2, -0.15) is 0 Å². The molecule has 1 aromatic rings. The molecule has 1 saturated heterocycles. The summed E-state index contributed by atoms with van der Waals surface area (Å²) in [5.74, 6) is -0.233. The van der Waals surface area contributed by atoms with Gasteiger partial charge < -0.3 is 15.6 Å². The molecule has 5 heteroatoms. The van der Waals surface area contributed by atoms with Gasteiger partial charge in [-0.25, -0.2) is 0 Å². The number of H-pyrrole nitrogens is 1. The Morgan fingerprint density at radius 2 is 2.14 bits per heavy atom. The summed E-state index contributed by atoms with van der Waals surface area (Å²) in [4.78, 5) is 27.4. The molecule has 2 unspecified atom stereocenters. The van der Waals surface area contributed by atoms with Crippen molar-refractivity contribution in [3.8, 4) is 0 Å². The lowest BCUT2D eigenvalue weighted by Gasteiger charge is -2.28. The summed E-state index contributed by atoms with van der Waals surface area (Å²) in [6, 6.07) is 2.36. The Balaban J connectivity index is 1.76. The zero-order valence-corrected chi connectivity index (χ0v) is 12.5. The van der Waals surface area contributed by atoms with E-state index in [1.165, 1.54) is 0 Å². The molecule has 21 heavy (non-hydrogen) atoms. The van der Waals surface area contributed by atoms with Gasteiger partial charge in [-0.3, -0.25) is 9.59 Å². The average molecular weight is 289 g/mol. The molecule has 5 nitrogen and oxygen atoms in total. The van der Waals surface area contributed by atoms with E-state index >= 15 is 0 Å². The third kappa shape index (κ3) is 3.18. The third-order valence-electron chi connectivity index (χ3n) is 4.54. The number of piperidine rings is 1. The van der Waals surface area contributed by atoms with Gasteiger partial charge in [-0.05, 0) is 63.6 Å². The summed E-state index contributed by atoms with van der Waals surface area (Å²) in [7, 11) is 0. The molecule has 2 atom stereocenters. The Morgan fingerprint density at radius 1 is 1.33 bits per heavy atom. The van der Waals surface area contributed by atoms with Crippen LogP contribution in [0.2, 0.25) is 0 Å². The second-order valence-electron chi connectivity index (χ2n) is 6.27. The predicted molar refractivity (Wildman–Crippen MR) is 81.7 cm³/mol. The van der Waals surface area contributed by atoms with E-state index in [4.69, 9.17) is 0 Å². The predicted octanol–water partition coefficient (Wildman–Crippen LogP) is 1.12. The minimum atomic E-state index is -0.255. The van der Waals surface area contributed by atoms with Crippen molar-refractivity contribution in [2.24, 2.45) is 0 Å². The number of rotatable bonds is 2. The minimum absolute atomic E-state index is 0.157. The summed E-state index contributed by atoms with van der Waals surface area (Å²) < 4.78 is 0. The van der Waals surface area contributed by atoms with Crippen LogP contribution >= 0.6 is 0 Å². The standard InChI is InChI=1S/C16H23N3O2/c1-10-8-12(6-7-17-10)18-15(20)13-9-11-4-2-3-5-14(11)19-16(13)21/h9-10,12,17H,2-8H2,1H3,(H,18,20)(H,19,21). The first-order valence-corrected chi connectivity index (χ1v) is 7.93. The molecule has 1 amide bonds. The van der Waals surface area contributed by atoms with Gasteiger partial charge in [0.1, 0.15) is 5.56 Å². The quantitative estimate of drug-likeness (QED) is 0.764. The topological polar surface area (TPSA) is 74.0 Å². The highest BCUT2D eigenvalue weighted by molar-refractivity contribution is 5.94. The van der Waals surface area contributed by atoms with Crippen molar-refractivity contribution in [2.45, 2.75) is 57.5 Å². The van der Waals surface area contributed by atoms with Crippen molar-refractivity contribution >= 4 is 5.91 Å². The fourth-order valence-corrected chi connectivity index (χ4v) is 3.37. The van der Waals surface area contributed by atoms with E-state index in [1.54, 1.807) is 6.07 Å². The smallest absolute Gasteiger partial charge is 0.261 e. The van der Waals surface area contributed by atoms with Gasteiger partial charge in [-0.15, -0.1) is 0 Å². The van der Waals surface area contributed by atoms with E-state index in [9.17, 15) is 9.59 Å². The maximum absolute atomic E-state index is 12.4. The lowest BCUT2D eigenvalue weighted by molar-refractivity contribution is 0.0924. The summed E-state index contributed by atoms with van der Waals surface area (Å²) >= 11 is 0.